The Hall–Kier alpha value is -0.120. The molecule has 1 aliphatic rings. The standard InChI is InChI=1S/C16H33NO2/c1-6-18-15(19-7-2)12-17-14-11-9-8-10-13(14)16(3,4)5/h13-15,17H,6-12H2,1-5H3. The highest BCUT2D eigenvalue weighted by molar-refractivity contribution is 4.88. The third-order valence-electron chi connectivity index (χ3n) is 4.13. The summed E-state index contributed by atoms with van der Waals surface area (Å²) in [4.78, 5) is 0. The molecule has 1 rings (SSSR count). The first-order valence-corrected chi connectivity index (χ1v) is 7.95. The number of nitrogens with one attached hydrogen (secondary N) is 1. The highest BCUT2D eigenvalue weighted by Crippen LogP contribution is 2.37. The molecule has 2 unspecified atom stereocenters. The Morgan fingerprint density at radius 3 is 2.16 bits per heavy atom. The van der Waals surface area contributed by atoms with E-state index in [1.54, 1.807) is 0 Å². The van der Waals surface area contributed by atoms with Crippen molar-refractivity contribution in [1.29, 1.82) is 0 Å². The lowest BCUT2D eigenvalue weighted by Crippen LogP contribution is -2.47. The molecule has 0 aromatic carbocycles. The molecule has 0 radical (unpaired) electrons. The molecule has 0 saturated heterocycles. The van der Waals surface area contributed by atoms with Crippen LogP contribution in [0.5, 0.6) is 0 Å². The molecule has 0 amide bonds. The molecular formula is C16H33NO2. The second-order valence-corrected chi connectivity index (χ2v) is 6.61. The van der Waals surface area contributed by atoms with E-state index in [0.29, 0.717) is 24.7 Å². The van der Waals surface area contributed by atoms with Gasteiger partial charge in [-0.15, -0.1) is 0 Å². The van der Waals surface area contributed by atoms with Crippen LogP contribution >= 0.6 is 0 Å². The fraction of sp³-hybridized carbons (Fsp3) is 1.00. The van der Waals surface area contributed by atoms with Crippen LogP contribution in [0.25, 0.3) is 0 Å². The first-order chi connectivity index (χ1) is 8.99. The Kier molecular flexibility index (Phi) is 7.33. The lowest BCUT2D eigenvalue weighted by molar-refractivity contribution is -0.135. The molecule has 0 heterocycles. The van der Waals surface area contributed by atoms with Crippen molar-refractivity contribution in [3.8, 4) is 0 Å². The fourth-order valence-electron chi connectivity index (χ4n) is 3.20. The van der Waals surface area contributed by atoms with Gasteiger partial charge >= 0.3 is 0 Å². The van der Waals surface area contributed by atoms with Gasteiger partial charge in [0.2, 0.25) is 0 Å². The summed E-state index contributed by atoms with van der Waals surface area (Å²) in [6, 6.07) is 0.608. The summed E-state index contributed by atoms with van der Waals surface area (Å²) in [7, 11) is 0. The van der Waals surface area contributed by atoms with E-state index in [9.17, 15) is 0 Å². The Balaban J connectivity index is 2.47. The minimum Gasteiger partial charge on any atom is -0.352 e. The molecule has 0 aromatic rings. The third kappa shape index (κ3) is 5.80. The minimum atomic E-state index is -0.0995. The van der Waals surface area contributed by atoms with Crippen LogP contribution in [0.2, 0.25) is 0 Å². The number of ether oxygens (including phenoxy) is 2. The monoisotopic (exact) mass is 271 g/mol. The second-order valence-electron chi connectivity index (χ2n) is 6.61. The van der Waals surface area contributed by atoms with Gasteiger partial charge in [-0.2, -0.15) is 0 Å². The van der Waals surface area contributed by atoms with Crippen molar-refractivity contribution < 1.29 is 9.47 Å². The molecule has 0 aromatic heterocycles. The largest absolute Gasteiger partial charge is 0.352 e. The van der Waals surface area contributed by atoms with Gasteiger partial charge in [-0.3, -0.25) is 0 Å². The smallest absolute Gasteiger partial charge is 0.169 e. The maximum absolute atomic E-state index is 5.61. The van der Waals surface area contributed by atoms with E-state index in [-0.39, 0.29) is 6.29 Å². The lowest BCUT2D eigenvalue weighted by Gasteiger charge is -2.41. The van der Waals surface area contributed by atoms with Crippen molar-refractivity contribution in [1.82, 2.24) is 5.32 Å². The van der Waals surface area contributed by atoms with Gasteiger partial charge in [0.1, 0.15) is 0 Å². The van der Waals surface area contributed by atoms with Crippen LogP contribution in [0, 0.1) is 11.3 Å². The van der Waals surface area contributed by atoms with Crippen molar-refractivity contribution >= 4 is 0 Å². The van der Waals surface area contributed by atoms with E-state index in [4.69, 9.17) is 9.47 Å². The van der Waals surface area contributed by atoms with E-state index in [2.05, 4.69) is 26.1 Å². The summed E-state index contributed by atoms with van der Waals surface area (Å²) in [5.41, 5.74) is 0.380. The highest BCUT2D eigenvalue weighted by atomic mass is 16.7. The average Bonchev–Trinajstić information content (AvgIpc) is 2.36. The first-order valence-electron chi connectivity index (χ1n) is 7.95. The summed E-state index contributed by atoms with van der Waals surface area (Å²) in [6.45, 7) is 13.3. The summed E-state index contributed by atoms with van der Waals surface area (Å²) >= 11 is 0. The molecule has 114 valence electrons. The van der Waals surface area contributed by atoms with E-state index in [0.717, 1.165) is 12.5 Å². The van der Waals surface area contributed by atoms with E-state index in [1.165, 1.54) is 25.7 Å². The summed E-state index contributed by atoms with van der Waals surface area (Å²) in [5, 5.41) is 3.70. The Morgan fingerprint density at radius 1 is 1.05 bits per heavy atom. The van der Waals surface area contributed by atoms with E-state index >= 15 is 0 Å². The summed E-state index contributed by atoms with van der Waals surface area (Å²) < 4.78 is 11.2. The molecule has 0 spiro atoms. The molecule has 19 heavy (non-hydrogen) atoms. The first kappa shape index (κ1) is 16.9. The van der Waals surface area contributed by atoms with Crippen molar-refractivity contribution in [3.05, 3.63) is 0 Å². The zero-order valence-corrected chi connectivity index (χ0v) is 13.5. The summed E-state index contributed by atoms with van der Waals surface area (Å²) in [6.07, 6.45) is 5.25. The molecule has 1 saturated carbocycles. The minimum absolute atomic E-state index is 0.0995. The van der Waals surface area contributed by atoms with Crippen LogP contribution < -0.4 is 5.32 Å². The van der Waals surface area contributed by atoms with Crippen molar-refractivity contribution in [2.75, 3.05) is 19.8 Å². The Morgan fingerprint density at radius 2 is 1.63 bits per heavy atom. The van der Waals surface area contributed by atoms with E-state index in [1.807, 2.05) is 13.8 Å². The average molecular weight is 271 g/mol. The predicted octanol–water partition coefficient (Wildman–Crippen LogP) is 3.58. The number of hydrogen-bond acceptors (Lipinski definition) is 3. The number of rotatable bonds is 7. The molecule has 3 heteroatoms. The van der Waals surface area contributed by atoms with Gasteiger partial charge in [-0.1, -0.05) is 33.6 Å². The molecular weight excluding hydrogens is 238 g/mol. The molecule has 0 aliphatic heterocycles. The molecule has 3 nitrogen and oxygen atoms in total. The van der Waals surface area contributed by atoms with Gasteiger partial charge < -0.3 is 14.8 Å². The molecule has 1 fully saturated rings. The van der Waals surface area contributed by atoms with Crippen molar-refractivity contribution in [2.45, 2.75) is 72.6 Å². The molecule has 1 N–H and O–H groups in total. The van der Waals surface area contributed by atoms with Crippen LogP contribution in [0.3, 0.4) is 0 Å². The quantitative estimate of drug-likeness (QED) is 0.718. The van der Waals surface area contributed by atoms with Crippen LogP contribution in [0.4, 0.5) is 0 Å². The highest BCUT2D eigenvalue weighted by Gasteiger charge is 2.34. The normalized spacial score (nSPS) is 24.9. The number of hydrogen-bond donors (Lipinski definition) is 1. The van der Waals surface area contributed by atoms with Crippen LogP contribution in [-0.2, 0) is 9.47 Å². The van der Waals surface area contributed by atoms with Gasteiger partial charge in [0, 0.05) is 25.8 Å². The van der Waals surface area contributed by atoms with Gasteiger partial charge in [-0.25, -0.2) is 0 Å². The molecule has 2 atom stereocenters. The van der Waals surface area contributed by atoms with Crippen LogP contribution in [0.15, 0.2) is 0 Å². The molecule has 0 bridgehead atoms. The molecule has 1 aliphatic carbocycles. The van der Waals surface area contributed by atoms with Gasteiger partial charge in [-0.05, 0) is 38.0 Å². The van der Waals surface area contributed by atoms with Gasteiger partial charge in [0.25, 0.3) is 0 Å². The van der Waals surface area contributed by atoms with Gasteiger partial charge in [0.15, 0.2) is 6.29 Å². The van der Waals surface area contributed by atoms with Crippen molar-refractivity contribution in [3.63, 3.8) is 0 Å². The lowest BCUT2D eigenvalue weighted by atomic mass is 9.69. The topological polar surface area (TPSA) is 30.5 Å². The van der Waals surface area contributed by atoms with Crippen LogP contribution in [0.1, 0.15) is 60.3 Å². The SMILES string of the molecule is CCOC(CNC1CCCCC1C(C)(C)C)OCC. The van der Waals surface area contributed by atoms with Crippen LogP contribution in [-0.4, -0.2) is 32.1 Å². The summed E-state index contributed by atoms with van der Waals surface area (Å²) in [5.74, 6) is 0.755. The Bertz CT molecular complexity index is 231. The third-order valence-corrected chi connectivity index (χ3v) is 4.13. The zero-order valence-electron chi connectivity index (χ0n) is 13.5. The maximum atomic E-state index is 5.61. The maximum Gasteiger partial charge on any atom is 0.169 e. The van der Waals surface area contributed by atoms with E-state index < -0.39 is 0 Å². The zero-order chi connectivity index (χ0) is 14.3. The Labute approximate surface area is 119 Å². The predicted molar refractivity (Wildman–Crippen MR) is 80.2 cm³/mol. The van der Waals surface area contributed by atoms with Gasteiger partial charge in [0.05, 0.1) is 0 Å². The second kappa shape index (κ2) is 8.23. The van der Waals surface area contributed by atoms with Crippen molar-refractivity contribution in [2.24, 2.45) is 11.3 Å². The fourth-order valence-corrected chi connectivity index (χ4v) is 3.20.